The van der Waals surface area contributed by atoms with Gasteiger partial charge >= 0.3 is 0 Å². The fraction of sp³-hybridized carbons (Fsp3) is 0.300. The molecule has 1 fully saturated rings. The summed E-state index contributed by atoms with van der Waals surface area (Å²) in [6, 6.07) is 10.5. The van der Waals surface area contributed by atoms with Gasteiger partial charge in [-0.05, 0) is 31.0 Å². The normalized spacial score (nSPS) is 16.1. The van der Waals surface area contributed by atoms with Gasteiger partial charge in [0.1, 0.15) is 5.69 Å². The molecule has 1 aliphatic rings. The van der Waals surface area contributed by atoms with Crippen LogP contribution in [0.15, 0.2) is 62.6 Å². The highest BCUT2D eigenvalue weighted by Crippen LogP contribution is 2.23. The van der Waals surface area contributed by atoms with E-state index in [-0.39, 0.29) is 5.69 Å². The van der Waals surface area contributed by atoms with Crippen molar-refractivity contribution in [1.82, 2.24) is 4.68 Å². The largest absolute Gasteiger partial charge is 0.463 e. The Morgan fingerprint density at radius 3 is 2.75 bits per heavy atom. The van der Waals surface area contributed by atoms with Gasteiger partial charge in [0.05, 0.1) is 29.0 Å². The molecule has 0 unspecified atom stereocenters. The quantitative estimate of drug-likeness (QED) is 0.351. The van der Waals surface area contributed by atoms with Crippen molar-refractivity contribution in [2.45, 2.75) is 38.1 Å². The topological polar surface area (TPSA) is 85.9 Å². The molecule has 1 aromatic carbocycles. The van der Waals surface area contributed by atoms with Crippen LogP contribution in [0.1, 0.15) is 37.7 Å². The Morgan fingerprint density at radius 2 is 2.00 bits per heavy atom. The molecule has 7 nitrogen and oxygen atoms in total. The van der Waals surface area contributed by atoms with Crippen molar-refractivity contribution in [2.75, 3.05) is 0 Å². The van der Waals surface area contributed by atoms with Crippen LogP contribution >= 0.6 is 11.3 Å². The molecule has 0 amide bonds. The van der Waals surface area contributed by atoms with Crippen molar-refractivity contribution in [3.63, 3.8) is 0 Å². The van der Waals surface area contributed by atoms with Crippen LogP contribution in [0.5, 0.6) is 0 Å². The van der Waals surface area contributed by atoms with Crippen LogP contribution in [0.25, 0.3) is 11.5 Å². The molecule has 0 spiro atoms. The molecule has 3 aromatic rings. The number of rotatable bonds is 5. The number of furan rings is 1. The summed E-state index contributed by atoms with van der Waals surface area (Å²) in [5, 5.41) is 17.8. The molecule has 2 heterocycles. The van der Waals surface area contributed by atoms with Crippen molar-refractivity contribution < 1.29 is 9.34 Å². The van der Waals surface area contributed by atoms with Crippen molar-refractivity contribution in [3.8, 4) is 11.5 Å². The maximum absolute atomic E-state index is 11.3. The van der Waals surface area contributed by atoms with Crippen LogP contribution in [0.2, 0.25) is 0 Å². The van der Waals surface area contributed by atoms with Crippen LogP contribution in [-0.4, -0.2) is 21.9 Å². The van der Waals surface area contributed by atoms with Crippen molar-refractivity contribution in [3.05, 3.63) is 68.5 Å². The summed E-state index contributed by atoms with van der Waals surface area (Å²) in [6.45, 7) is 0. The zero-order valence-electron chi connectivity index (χ0n) is 15.2. The SMILES string of the molecule is O=[N+]([O-])c1ccccc1C=Nn1c(-c2ccco2)csc1=NC1CCCCC1. The molecule has 0 atom stereocenters. The minimum Gasteiger partial charge on any atom is -0.463 e. The minimum absolute atomic E-state index is 0.0207. The number of para-hydroxylation sites is 1. The Balaban J connectivity index is 1.77. The molecule has 0 aliphatic heterocycles. The highest BCUT2D eigenvalue weighted by atomic mass is 32.1. The van der Waals surface area contributed by atoms with Crippen molar-refractivity contribution in [2.24, 2.45) is 10.1 Å². The molecular formula is C20H20N4O3S. The Morgan fingerprint density at radius 1 is 1.18 bits per heavy atom. The molecule has 0 saturated heterocycles. The van der Waals surface area contributed by atoms with Crippen molar-refractivity contribution in [1.29, 1.82) is 0 Å². The van der Waals surface area contributed by atoms with E-state index in [9.17, 15) is 10.1 Å². The van der Waals surface area contributed by atoms with Gasteiger partial charge in [-0.1, -0.05) is 31.4 Å². The fourth-order valence-corrected chi connectivity index (χ4v) is 4.23. The average molecular weight is 396 g/mol. The number of nitro groups is 1. The highest BCUT2D eigenvalue weighted by molar-refractivity contribution is 7.07. The number of thiazole rings is 1. The first-order valence-corrected chi connectivity index (χ1v) is 10.2. The zero-order chi connectivity index (χ0) is 19.3. The lowest BCUT2D eigenvalue weighted by Crippen LogP contribution is -2.19. The standard InChI is InChI=1S/C20H20N4O3S/c25-24(26)17-10-5-4-7-15(17)13-21-23-18(19-11-6-12-27-19)14-28-20(23)22-16-8-2-1-3-9-16/h4-7,10-14,16H,1-3,8-9H2. The van der Waals surface area contributed by atoms with Crippen LogP contribution in [-0.2, 0) is 0 Å². The van der Waals surface area contributed by atoms with Crippen molar-refractivity contribution >= 4 is 23.2 Å². The molecule has 0 radical (unpaired) electrons. The summed E-state index contributed by atoms with van der Waals surface area (Å²) in [6.07, 6.45) is 8.96. The molecule has 1 saturated carbocycles. The number of nitrogens with zero attached hydrogens (tertiary/aromatic N) is 4. The van der Waals surface area contributed by atoms with E-state index in [1.54, 1.807) is 29.1 Å². The zero-order valence-corrected chi connectivity index (χ0v) is 16.0. The monoisotopic (exact) mass is 396 g/mol. The van der Waals surface area contributed by atoms with E-state index in [4.69, 9.17) is 9.41 Å². The van der Waals surface area contributed by atoms with Gasteiger partial charge < -0.3 is 4.42 Å². The van der Waals surface area contributed by atoms with Crippen LogP contribution in [0.4, 0.5) is 5.69 Å². The summed E-state index contributed by atoms with van der Waals surface area (Å²) in [5.41, 5.74) is 1.24. The van der Waals surface area contributed by atoms with Gasteiger partial charge in [0.2, 0.25) is 4.80 Å². The number of nitro benzene ring substituents is 1. The molecule has 8 heteroatoms. The first-order valence-electron chi connectivity index (χ1n) is 9.28. The second-order valence-corrected chi connectivity index (χ2v) is 7.51. The van der Waals surface area contributed by atoms with Crippen LogP contribution in [0.3, 0.4) is 0 Å². The highest BCUT2D eigenvalue weighted by Gasteiger charge is 2.15. The molecule has 28 heavy (non-hydrogen) atoms. The Hall–Kier alpha value is -3.00. The van der Waals surface area contributed by atoms with Gasteiger partial charge in [-0.15, -0.1) is 11.3 Å². The molecule has 144 valence electrons. The number of aromatic nitrogens is 1. The predicted molar refractivity (Wildman–Crippen MR) is 109 cm³/mol. The van der Waals surface area contributed by atoms with Gasteiger partial charge in [0, 0.05) is 11.4 Å². The molecular weight excluding hydrogens is 376 g/mol. The first kappa shape index (κ1) is 18.4. The van der Waals surface area contributed by atoms with Gasteiger partial charge in [-0.3, -0.25) is 15.1 Å². The molecule has 1 aliphatic carbocycles. The van der Waals surface area contributed by atoms with Gasteiger partial charge in [-0.25, -0.2) is 4.68 Å². The third-order valence-corrected chi connectivity index (χ3v) is 5.60. The number of hydrogen-bond acceptors (Lipinski definition) is 6. The summed E-state index contributed by atoms with van der Waals surface area (Å²) >= 11 is 1.50. The third-order valence-electron chi connectivity index (χ3n) is 4.77. The minimum atomic E-state index is -0.402. The second kappa shape index (κ2) is 8.35. The molecule has 2 aromatic heterocycles. The Bertz CT molecular complexity index is 1040. The van der Waals surface area contributed by atoms with Crippen LogP contribution < -0.4 is 4.80 Å². The maximum Gasteiger partial charge on any atom is 0.278 e. The smallest absolute Gasteiger partial charge is 0.278 e. The average Bonchev–Trinajstić information content (AvgIpc) is 3.37. The van der Waals surface area contributed by atoms with Gasteiger partial charge in [0.15, 0.2) is 5.76 Å². The summed E-state index contributed by atoms with van der Waals surface area (Å²) < 4.78 is 7.26. The summed E-state index contributed by atoms with van der Waals surface area (Å²) in [7, 11) is 0. The predicted octanol–water partition coefficient (Wildman–Crippen LogP) is 4.83. The fourth-order valence-electron chi connectivity index (χ4n) is 3.34. The summed E-state index contributed by atoms with van der Waals surface area (Å²) in [4.78, 5) is 16.6. The van der Waals surface area contributed by atoms with Gasteiger partial charge in [-0.2, -0.15) is 5.10 Å². The van der Waals surface area contributed by atoms with E-state index >= 15 is 0 Å². The first-order chi connectivity index (χ1) is 13.7. The third kappa shape index (κ3) is 3.96. The Kier molecular flexibility index (Phi) is 5.48. The lowest BCUT2D eigenvalue weighted by Gasteiger charge is -2.16. The van der Waals surface area contributed by atoms with E-state index in [2.05, 4.69) is 5.10 Å². The lowest BCUT2D eigenvalue weighted by molar-refractivity contribution is -0.385. The lowest BCUT2D eigenvalue weighted by atomic mass is 9.96. The van der Waals surface area contributed by atoms with Gasteiger partial charge in [0.25, 0.3) is 5.69 Å². The van der Waals surface area contributed by atoms with E-state index in [1.807, 2.05) is 17.5 Å². The number of hydrogen-bond donors (Lipinski definition) is 0. The summed E-state index contributed by atoms with van der Waals surface area (Å²) in [5.74, 6) is 0.682. The number of benzene rings is 1. The molecule has 0 N–H and O–H groups in total. The van der Waals surface area contributed by atoms with Crippen LogP contribution in [0, 0.1) is 10.1 Å². The van der Waals surface area contributed by atoms with E-state index in [0.717, 1.165) is 23.3 Å². The van der Waals surface area contributed by atoms with E-state index in [0.29, 0.717) is 17.4 Å². The molecule has 0 bridgehead atoms. The second-order valence-electron chi connectivity index (χ2n) is 6.67. The molecule has 4 rings (SSSR count). The van der Waals surface area contributed by atoms with E-state index < -0.39 is 4.92 Å². The maximum atomic E-state index is 11.3. The van der Waals surface area contributed by atoms with E-state index in [1.165, 1.54) is 42.9 Å². The Labute approximate surface area is 165 Å².